The number of hydrogen-bond acceptors (Lipinski definition) is 3. The molecule has 2 rings (SSSR count). The molecule has 0 bridgehead atoms. The highest BCUT2D eigenvalue weighted by Gasteiger charge is 2.18. The largest absolute Gasteiger partial charge is 0.384 e. The summed E-state index contributed by atoms with van der Waals surface area (Å²) in [6.45, 7) is 10.3. The Hall–Kier alpha value is -1.06. The minimum atomic E-state index is 0.659. The molecule has 1 unspecified atom stereocenters. The number of likely N-dealkylation sites (N-methyl/N-ethyl adjacent to an activating group) is 1. The van der Waals surface area contributed by atoms with Crippen LogP contribution < -0.4 is 5.32 Å². The molecular formula is C16H27N3. The van der Waals surface area contributed by atoms with E-state index in [4.69, 9.17) is 0 Å². The van der Waals surface area contributed by atoms with Crippen LogP contribution in [0.2, 0.25) is 0 Å². The fraction of sp³-hybridized carbons (Fsp3) is 0.625. The lowest BCUT2D eigenvalue weighted by Crippen LogP contribution is -2.40. The molecule has 0 amide bonds. The molecule has 1 fully saturated rings. The minimum absolute atomic E-state index is 0.659. The Morgan fingerprint density at radius 1 is 1.32 bits per heavy atom. The van der Waals surface area contributed by atoms with Crippen LogP contribution in [0.3, 0.4) is 0 Å². The predicted octanol–water partition coefficient (Wildman–Crippen LogP) is 2.43. The van der Waals surface area contributed by atoms with Crippen molar-refractivity contribution in [2.24, 2.45) is 0 Å². The summed E-state index contributed by atoms with van der Waals surface area (Å²) in [6, 6.07) is 9.26. The van der Waals surface area contributed by atoms with Crippen molar-refractivity contribution in [1.29, 1.82) is 0 Å². The van der Waals surface area contributed by atoms with Gasteiger partial charge in [-0.3, -0.25) is 4.90 Å². The van der Waals surface area contributed by atoms with Gasteiger partial charge in [-0.05, 0) is 58.1 Å². The number of rotatable bonds is 4. The first-order valence-electron chi connectivity index (χ1n) is 7.38. The first-order valence-corrected chi connectivity index (χ1v) is 7.38. The van der Waals surface area contributed by atoms with Crippen LogP contribution in [-0.2, 0) is 0 Å². The zero-order valence-electron chi connectivity index (χ0n) is 12.5. The molecule has 3 heteroatoms. The summed E-state index contributed by atoms with van der Waals surface area (Å²) in [4.78, 5) is 5.05. The van der Waals surface area contributed by atoms with Crippen molar-refractivity contribution >= 4 is 5.69 Å². The van der Waals surface area contributed by atoms with Gasteiger partial charge in [0.1, 0.15) is 0 Å². The number of anilines is 1. The zero-order valence-corrected chi connectivity index (χ0v) is 12.5. The van der Waals surface area contributed by atoms with E-state index in [2.05, 4.69) is 60.3 Å². The molecule has 3 nitrogen and oxygen atoms in total. The summed E-state index contributed by atoms with van der Waals surface area (Å²) in [5.74, 6) is 0. The molecule has 106 valence electrons. The Kier molecular flexibility index (Phi) is 5.23. The van der Waals surface area contributed by atoms with Gasteiger partial charge in [0.25, 0.3) is 0 Å². The predicted molar refractivity (Wildman–Crippen MR) is 82.8 cm³/mol. The summed E-state index contributed by atoms with van der Waals surface area (Å²) < 4.78 is 0. The molecule has 0 saturated carbocycles. The standard InChI is InChI=1S/C16H27N3/c1-14-6-4-7-16(12-14)17-8-11-19-10-5-9-18(3)13-15(19)2/h4,6-7,12,15,17H,5,8-11,13H2,1-3H3. The molecule has 1 heterocycles. The molecule has 1 N–H and O–H groups in total. The van der Waals surface area contributed by atoms with Crippen molar-refractivity contribution in [1.82, 2.24) is 9.80 Å². The van der Waals surface area contributed by atoms with E-state index < -0.39 is 0 Å². The van der Waals surface area contributed by atoms with Gasteiger partial charge in [-0.15, -0.1) is 0 Å². The zero-order chi connectivity index (χ0) is 13.7. The molecule has 1 aliphatic heterocycles. The Labute approximate surface area is 117 Å². The smallest absolute Gasteiger partial charge is 0.0343 e. The Morgan fingerprint density at radius 2 is 2.16 bits per heavy atom. The molecule has 1 saturated heterocycles. The average molecular weight is 261 g/mol. The van der Waals surface area contributed by atoms with Gasteiger partial charge in [-0.1, -0.05) is 12.1 Å². The van der Waals surface area contributed by atoms with Gasteiger partial charge in [0.05, 0.1) is 0 Å². The maximum Gasteiger partial charge on any atom is 0.0343 e. The Balaban J connectivity index is 1.78. The molecule has 0 aromatic heterocycles. The van der Waals surface area contributed by atoms with E-state index in [0.29, 0.717) is 6.04 Å². The van der Waals surface area contributed by atoms with Gasteiger partial charge in [0.2, 0.25) is 0 Å². The fourth-order valence-corrected chi connectivity index (χ4v) is 2.85. The maximum absolute atomic E-state index is 3.53. The van der Waals surface area contributed by atoms with Crippen LogP contribution in [-0.4, -0.2) is 55.6 Å². The number of hydrogen-bond donors (Lipinski definition) is 1. The highest BCUT2D eigenvalue weighted by atomic mass is 15.2. The third-order valence-corrected chi connectivity index (χ3v) is 3.93. The van der Waals surface area contributed by atoms with E-state index in [1.807, 2.05) is 0 Å². The lowest BCUT2D eigenvalue weighted by atomic mass is 10.2. The van der Waals surface area contributed by atoms with Gasteiger partial charge in [-0.25, -0.2) is 0 Å². The van der Waals surface area contributed by atoms with Crippen LogP contribution in [0, 0.1) is 6.92 Å². The molecule has 1 atom stereocenters. The minimum Gasteiger partial charge on any atom is -0.384 e. The number of aryl methyl sites for hydroxylation is 1. The van der Waals surface area contributed by atoms with Gasteiger partial charge < -0.3 is 10.2 Å². The second kappa shape index (κ2) is 6.92. The average Bonchev–Trinajstić information content (AvgIpc) is 2.51. The fourth-order valence-electron chi connectivity index (χ4n) is 2.85. The quantitative estimate of drug-likeness (QED) is 0.898. The second-order valence-electron chi connectivity index (χ2n) is 5.80. The van der Waals surface area contributed by atoms with E-state index in [1.165, 1.54) is 37.3 Å². The third kappa shape index (κ3) is 4.51. The summed E-state index contributed by atoms with van der Waals surface area (Å²) in [6.07, 6.45) is 1.28. The molecule has 1 aromatic carbocycles. The topological polar surface area (TPSA) is 18.5 Å². The molecule has 1 aromatic rings. The van der Waals surface area contributed by atoms with Crippen molar-refractivity contribution < 1.29 is 0 Å². The second-order valence-corrected chi connectivity index (χ2v) is 5.80. The van der Waals surface area contributed by atoms with Gasteiger partial charge in [0.15, 0.2) is 0 Å². The summed E-state index contributed by atoms with van der Waals surface area (Å²) in [7, 11) is 2.23. The van der Waals surface area contributed by atoms with Crippen LogP contribution in [0.1, 0.15) is 18.9 Å². The van der Waals surface area contributed by atoms with E-state index in [0.717, 1.165) is 13.1 Å². The number of nitrogens with one attached hydrogen (secondary N) is 1. The van der Waals surface area contributed by atoms with E-state index in [-0.39, 0.29) is 0 Å². The van der Waals surface area contributed by atoms with Gasteiger partial charge in [0, 0.05) is 31.4 Å². The van der Waals surface area contributed by atoms with Crippen LogP contribution in [0.4, 0.5) is 5.69 Å². The molecule has 0 radical (unpaired) electrons. The first-order chi connectivity index (χ1) is 9.15. The number of benzene rings is 1. The Bertz CT molecular complexity index is 391. The lowest BCUT2D eigenvalue weighted by molar-refractivity contribution is 0.209. The highest BCUT2D eigenvalue weighted by Crippen LogP contribution is 2.11. The molecule has 0 aliphatic carbocycles. The van der Waals surface area contributed by atoms with Gasteiger partial charge in [-0.2, -0.15) is 0 Å². The monoisotopic (exact) mass is 261 g/mol. The molecule has 19 heavy (non-hydrogen) atoms. The molecular weight excluding hydrogens is 234 g/mol. The first kappa shape index (κ1) is 14.4. The van der Waals surface area contributed by atoms with Crippen LogP contribution in [0.15, 0.2) is 24.3 Å². The summed E-state index contributed by atoms with van der Waals surface area (Å²) in [5, 5.41) is 3.53. The molecule has 0 spiro atoms. The SMILES string of the molecule is Cc1cccc(NCCN2CCCN(C)CC2C)c1. The van der Waals surface area contributed by atoms with Crippen molar-refractivity contribution in [3.63, 3.8) is 0 Å². The summed E-state index contributed by atoms with van der Waals surface area (Å²) in [5.41, 5.74) is 2.55. The van der Waals surface area contributed by atoms with E-state index in [9.17, 15) is 0 Å². The number of nitrogens with zero attached hydrogens (tertiary/aromatic N) is 2. The van der Waals surface area contributed by atoms with Crippen molar-refractivity contribution in [2.45, 2.75) is 26.3 Å². The van der Waals surface area contributed by atoms with Crippen molar-refractivity contribution in [3.05, 3.63) is 29.8 Å². The molecule has 1 aliphatic rings. The van der Waals surface area contributed by atoms with Crippen LogP contribution in [0.25, 0.3) is 0 Å². The van der Waals surface area contributed by atoms with E-state index >= 15 is 0 Å². The van der Waals surface area contributed by atoms with Crippen LogP contribution in [0.5, 0.6) is 0 Å². The van der Waals surface area contributed by atoms with Crippen molar-refractivity contribution in [2.75, 3.05) is 45.1 Å². The van der Waals surface area contributed by atoms with E-state index in [1.54, 1.807) is 0 Å². The van der Waals surface area contributed by atoms with Gasteiger partial charge >= 0.3 is 0 Å². The lowest BCUT2D eigenvalue weighted by Gasteiger charge is -2.28. The normalized spacial score (nSPS) is 22.2. The maximum atomic E-state index is 3.53. The Morgan fingerprint density at radius 3 is 2.95 bits per heavy atom. The third-order valence-electron chi connectivity index (χ3n) is 3.93. The highest BCUT2D eigenvalue weighted by molar-refractivity contribution is 5.45. The summed E-state index contributed by atoms with van der Waals surface area (Å²) >= 11 is 0. The van der Waals surface area contributed by atoms with Crippen molar-refractivity contribution in [3.8, 4) is 0 Å². The van der Waals surface area contributed by atoms with Crippen LogP contribution >= 0.6 is 0 Å².